The normalized spacial score (nSPS) is 17.0. The highest BCUT2D eigenvalue weighted by Gasteiger charge is 2.26. The average molecular weight is 378 g/mol. The largest absolute Gasteiger partial charge is 0.481 e. The Bertz CT molecular complexity index is 633. The van der Waals surface area contributed by atoms with Gasteiger partial charge in [0.1, 0.15) is 0 Å². The summed E-state index contributed by atoms with van der Waals surface area (Å²) in [6.45, 7) is 2.66. The lowest BCUT2D eigenvalue weighted by Crippen LogP contribution is -2.44. The van der Waals surface area contributed by atoms with Crippen LogP contribution in [0.3, 0.4) is 0 Å². The maximum atomic E-state index is 12.5. The third-order valence-corrected chi connectivity index (χ3v) is 5.35. The number of carboxylic acid groups (broad SMARTS) is 1. The minimum Gasteiger partial charge on any atom is -0.481 e. The van der Waals surface area contributed by atoms with E-state index in [-0.39, 0.29) is 35.8 Å². The molecule has 2 N–H and O–H groups in total. The quantitative estimate of drug-likeness (QED) is 0.726. The number of rotatable bonds is 8. The second-order valence-electron chi connectivity index (χ2n) is 6.58. The molecule has 1 fully saturated rings. The minimum absolute atomic E-state index is 0.00627. The van der Waals surface area contributed by atoms with E-state index < -0.39 is 5.97 Å². The predicted molar refractivity (Wildman–Crippen MR) is 103 cm³/mol. The van der Waals surface area contributed by atoms with Crippen LogP contribution in [0.4, 0.5) is 5.69 Å². The third-order valence-electron chi connectivity index (χ3n) is 4.43. The van der Waals surface area contributed by atoms with Crippen molar-refractivity contribution in [3.05, 3.63) is 29.8 Å². The molecule has 1 aliphatic rings. The van der Waals surface area contributed by atoms with Crippen LogP contribution in [0.15, 0.2) is 24.3 Å². The number of nitrogens with zero attached hydrogens (tertiary/aromatic N) is 1. The van der Waals surface area contributed by atoms with E-state index in [0.717, 1.165) is 30.5 Å². The van der Waals surface area contributed by atoms with Crippen molar-refractivity contribution in [2.75, 3.05) is 23.4 Å². The summed E-state index contributed by atoms with van der Waals surface area (Å²) in [6.07, 6.45) is 3.42. The van der Waals surface area contributed by atoms with Gasteiger partial charge in [0, 0.05) is 24.7 Å². The number of nitrogens with one attached hydrogen (secondary N) is 1. The lowest BCUT2D eigenvalue weighted by atomic mass is 9.98. The fourth-order valence-corrected chi connectivity index (χ4v) is 3.77. The zero-order valence-corrected chi connectivity index (χ0v) is 15.9. The molecule has 1 aromatic carbocycles. The molecule has 6 nitrogen and oxygen atoms in total. The molecule has 142 valence electrons. The van der Waals surface area contributed by atoms with Crippen molar-refractivity contribution in [3.8, 4) is 0 Å². The molecule has 7 heteroatoms. The zero-order chi connectivity index (χ0) is 18.9. The van der Waals surface area contributed by atoms with Crippen molar-refractivity contribution in [1.29, 1.82) is 0 Å². The predicted octanol–water partition coefficient (Wildman–Crippen LogP) is 2.91. The molecule has 26 heavy (non-hydrogen) atoms. The van der Waals surface area contributed by atoms with Crippen LogP contribution < -0.4 is 5.32 Å². The van der Waals surface area contributed by atoms with Gasteiger partial charge in [0.2, 0.25) is 11.8 Å². The number of carbonyl (C=O) groups excluding carboxylic acids is 2. The number of hydrogen-bond donors (Lipinski definition) is 2. The molecule has 0 aromatic heterocycles. The van der Waals surface area contributed by atoms with Gasteiger partial charge in [-0.25, -0.2) is 0 Å². The highest BCUT2D eigenvalue weighted by molar-refractivity contribution is 8.00. The standard InChI is InChI=1S/C19H26N2O4S/c1-14-5-7-15(8-6-14)20-17(22)12-26-13-18(23)21-11-3-2-4-16(21)9-10-19(24)25/h5-8,16H,2-4,9-13H2,1H3,(H,20,22)(H,24,25). The molecule has 1 aromatic rings. The van der Waals surface area contributed by atoms with Gasteiger partial charge in [-0.1, -0.05) is 17.7 Å². The number of hydrogen-bond acceptors (Lipinski definition) is 4. The Balaban J connectivity index is 1.74. The number of anilines is 1. The van der Waals surface area contributed by atoms with E-state index in [0.29, 0.717) is 13.0 Å². The average Bonchev–Trinajstić information content (AvgIpc) is 2.62. The number of amides is 2. The van der Waals surface area contributed by atoms with Crippen LogP contribution in [0.2, 0.25) is 0 Å². The van der Waals surface area contributed by atoms with E-state index >= 15 is 0 Å². The van der Waals surface area contributed by atoms with E-state index in [9.17, 15) is 14.4 Å². The van der Waals surface area contributed by atoms with E-state index in [2.05, 4.69) is 5.32 Å². The maximum Gasteiger partial charge on any atom is 0.303 e. The summed E-state index contributed by atoms with van der Waals surface area (Å²) < 4.78 is 0. The molecule has 1 unspecified atom stereocenters. The van der Waals surface area contributed by atoms with Crippen molar-refractivity contribution < 1.29 is 19.5 Å². The number of aliphatic carboxylic acids is 1. The van der Waals surface area contributed by atoms with Crippen LogP contribution >= 0.6 is 11.8 Å². The monoisotopic (exact) mass is 378 g/mol. The van der Waals surface area contributed by atoms with Gasteiger partial charge in [0.15, 0.2) is 0 Å². The fraction of sp³-hybridized carbons (Fsp3) is 0.526. The lowest BCUT2D eigenvalue weighted by Gasteiger charge is -2.35. The van der Waals surface area contributed by atoms with Crippen molar-refractivity contribution in [1.82, 2.24) is 4.90 Å². The number of likely N-dealkylation sites (tertiary alicyclic amines) is 1. The molecule has 1 atom stereocenters. The summed E-state index contributed by atoms with van der Waals surface area (Å²) in [5, 5.41) is 11.7. The van der Waals surface area contributed by atoms with Gasteiger partial charge in [-0.05, 0) is 44.7 Å². The van der Waals surface area contributed by atoms with E-state index in [4.69, 9.17) is 5.11 Å². The number of carboxylic acids is 1. The SMILES string of the molecule is Cc1ccc(NC(=O)CSCC(=O)N2CCCCC2CCC(=O)O)cc1. The van der Waals surface area contributed by atoms with Crippen LogP contribution in [0.1, 0.15) is 37.7 Å². The number of benzene rings is 1. The molecule has 0 saturated carbocycles. The van der Waals surface area contributed by atoms with Gasteiger partial charge in [-0.3, -0.25) is 14.4 Å². The molecule has 2 rings (SSSR count). The number of aryl methyl sites for hydroxylation is 1. The van der Waals surface area contributed by atoms with Crippen LogP contribution in [-0.4, -0.2) is 51.9 Å². The van der Waals surface area contributed by atoms with Crippen LogP contribution in [0.5, 0.6) is 0 Å². The first-order valence-corrected chi connectivity index (χ1v) is 10.1. The van der Waals surface area contributed by atoms with E-state index in [1.807, 2.05) is 31.2 Å². The molecule has 0 spiro atoms. The molecule has 0 radical (unpaired) electrons. The first kappa shape index (κ1) is 20.3. The van der Waals surface area contributed by atoms with Crippen molar-refractivity contribution in [3.63, 3.8) is 0 Å². The van der Waals surface area contributed by atoms with Crippen molar-refractivity contribution >= 4 is 35.2 Å². The zero-order valence-electron chi connectivity index (χ0n) is 15.1. The molecule has 0 aliphatic carbocycles. The first-order chi connectivity index (χ1) is 12.5. The summed E-state index contributed by atoms with van der Waals surface area (Å²) in [5.74, 6) is -0.510. The van der Waals surface area contributed by atoms with Gasteiger partial charge in [-0.2, -0.15) is 0 Å². The molecule has 2 amide bonds. The highest BCUT2D eigenvalue weighted by Crippen LogP contribution is 2.22. The van der Waals surface area contributed by atoms with Crippen LogP contribution in [-0.2, 0) is 14.4 Å². The van der Waals surface area contributed by atoms with Gasteiger partial charge in [0.05, 0.1) is 11.5 Å². The summed E-state index contributed by atoms with van der Waals surface area (Å²) in [4.78, 5) is 37.0. The topological polar surface area (TPSA) is 86.7 Å². The Kier molecular flexibility index (Phi) is 7.97. The Morgan fingerprint density at radius 1 is 1.19 bits per heavy atom. The molecule has 1 saturated heterocycles. The second kappa shape index (κ2) is 10.2. The minimum atomic E-state index is -0.829. The first-order valence-electron chi connectivity index (χ1n) is 8.91. The van der Waals surface area contributed by atoms with Gasteiger partial charge in [0.25, 0.3) is 0 Å². The summed E-state index contributed by atoms with van der Waals surface area (Å²) >= 11 is 1.29. The smallest absolute Gasteiger partial charge is 0.303 e. The summed E-state index contributed by atoms with van der Waals surface area (Å²) in [5.41, 5.74) is 1.87. The lowest BCUT2D eigenvalue weighted by molar-refractivity contribution is -0.139. The summed E-state index contributed by atoms with van der Waals surface area (Å²) in [7, 11) is 0. The third kappa shape index (κ3) is 6.71. The number of carbonyl (C=O) groups is 3. The van der Waals surface area contributed by atoms with Crippen molar-refractivity contribution in [2.24, 2.45) is 0 Å². The summed E-state index contributed by atoms with van der Waals surface area (Å²) in [6, 6.07) is 7.57. The van der Waals surface area contributed by atoms with Crippen LogP contribution in [0, 0.1) is 6.92 Å². The molecular formula is C19H26N2O4S. The number of thioether (sulfide) groups is 1. The molecule has 0 bridgehead atoms. The molecule has 1 aliphatic heterocycles. The molecule has 1 heterocycles. The Labute approximate surface area is 158 Å². The number of piperidine rings is 1. The Hall–Kier alpha value is -2.02. The molecular weight excluding hydrogens is 352 g/mol. The Morgan fingerprint density at radius 2 is 1.92 bits per heavy atom. The van der Waals surface area contributed by atoms with Crippen molar-refractivity contribution in [2.45, 2.75) is 45.1 Å². The second-order valence-corrected chi connectivity index (χ2v) is 7.56. The van der Waals surface area contributed by atoms with Gasteiger partial charge in [-0.15, -0.1) is 11.8 Å². The Morgan fingerprint density at radius 3 is 2.62 bits per heavy atom. The van der Waals surface area contributed by atoms with E-state index in [1.165, 1.54) is 11.8 Å². The van der Waals surface area contributed by atoms with E-state index in [1.54, 1.807) is 4.90 Å². The van der Waals surface area contributed by atoms with Crippen LogP contribution in [0.25, 0.3) is 0 Å². The fourth-order valence-electron chi connectivity index (χ4n) is 3.07. The highest BCUT2D eigenvalue weighted by atomic mass is 32.2. The van der Waals surface area contributed by atoms with Gasteiger partial charge >= 0.3 is 5.97 Å². The maximum absolute atomic E-state index is 12.5. The van der Waals surface area contributed by atoms with Gasteiger partial charge < -0.3 is 15.3 Å².